The topological polar surface area (TPSA) is 198 Å². The molecule has 7 aliphatic rings. The molecule has 7 fully saturated rings. The lowest BCUT2D eigenvalue weighted by atomic mass is 9.80. The van der Waals surface area contributed by atoms with Crippen molar-refractivity contribution >= 4 is 36.4 Å². The molecule has 3 unspecified atom stereocenters. The van der Waals surface area contributed by atoms with E-state index in [0.29, 0.717) is 51.4 Å². The molecule has 2 aromatic carbocycles. The number of benzene rings is 2. The molecule has 0 saturated carbocycles. The van der Waals surface area contributed by atoms with E-state index in [9.17, 15) is 29.4 Å². The molecule has 9 rings (SSSR count). The number of aliphatic hydroxyl groups is 2. The molecule has 0 spiro atoms. The Morgan fingerprint density at radius 2 is 1.39 bits per heavy atom. The van der Waals surface area contributed by atoms with E-state index in [1.807, 2.05) is 60.7 Å². The van der Waals surface area contributed by atoms with Crippen LogP contribution in [0.15, 0.2) is 85.0 Å². The highest BCUT2D eigenvalue weighted by Gasteiger charge is 2.61. The molecule has 1 amide bonds. The summed E-state index contributed by atoms with van der Waals surface area (Å²) < 4.78 is 52.5. The third-order valence-electron chi connectivity index (χ3n) is 18.0. The summed E-state index contributed by atoms with van der Waals surface area (Å²) in [4.78, 5) is 54.6. The zero-order chi connectivity index (χ0) is 55.0. The molecule has 8 bridgehead atoms. The zero-order valence-corrected chi connectivity index (χ0v) is 47.5. The average Bonchev–Trinajstić information content (AvgIpc) is 4.17. The number of rotatable bonds is 10. The molecule has 16 heteroatoms. The number of ether oxygens (including phenoxy) is 8. The summed E-state index contributed by atoms with van der Waals surface area (Å²) in [6, 6.07) is 19.8. The van der Waals surface area contributed by atoms with Gasteiger partial charge in [0.25, 0.3) is 8.32 Å². The zero-order valence-electron chi connectivity index (χ0n) is 46.5. The molecule has 77 heavy (non-hydrogen) atoms. The van der Waals surface area contributed by atoms with Gasteiger partial charge in [-0.3, -0.25) is 9.59 Å². The fourth-order valence-corrected chi connectivity index (χ4v) is 17.9. The lowest BCUT2D eigenvalue weighted by Crippen LogP contribution is -2.66. The first kappa shape index (κ1) is 58.0. The van der Waals surface area contributed by atoms with E-state index in [2.05, 4.69) is 39.2 Å². The quantitative estimate of drug-likeness (QED) is 0.141. The maximum Gasteiger partial charge on any atom is 0.407 e. The number of methoxy groups -OCH3 is 1. The molecule has 0 aromatic heterocycles. The Morgan fingerprint density at radius 1 is 0.740 bits per heavy atom. The lowest BCUT2D eigenvalue weighted by molar-refractivity contribution is -0.257. The third kappa shape index (κ3) is 13.1. The molecule has 0 radical (unpaired) electrons. The van der Waals surface area contributed by atoms with E-state index in [0.717, 1.165) is 34.4 Å². The second kappa shape index (κ2) is 24.2. The number of ketones is 2. The molecule has 4 N–H and O–H groups in total. The Bertz CT molecular complexity index is 2340. The molecular weight excluding hydrogens is 999 g/mol. The Kier molecular flexibility index (Phi) is 18.2. The molecule has 424 valence electrons. The van der Waals surface area contributed by atoms with Gasteiger partial charge in [-0.15, -0.1) is 0 Å². The fourth-order valence-electron chi connectivity index (χ4n) is 14.1. The molecule has 2 aromatic rings. The summed E-state index contributed by atoms with van der Waals surface area (Å²) >= 11 is 0. The van der Waals surface area contributed by atoms with Crippen LogP contribution in [0.25, 0.3) is 0 Å². The number of hydrogen-bond acceptors (Lipinski definition) is 14. The van der Waals surface area contributed by atoms with Crippen molar-refractivity contribution in [2.24, 2.45) is 17.8 Å². The molecule has 7 saturated heterocycles. The number of carbonyl (C=O) groups excluding carboxylic acids is 3. The van der Waals surface area contributed by atoms with Crippen molar-refractivity contribution in [3.05, 3.63) is 85.0 Å². The maximum absolute atomic E-state index is 14.5. The molecule has 7 heterocycles. The second-order valence-corrected chi connectivity index (χ2v) is 29.2. The molecular formula is C61H87NO14Si. The monoisotopic (exact) mass is 1090 g/mol. The van der Waals surface area contributed by atoms with E-state index in [1.54, 1.807) is 27.9 Å². The van der Waals surface area contributed by atoms with Gasteiger partial charge in [-0.25, -0.2) is 4.79 Å². The van der Waals surface area contributed by atoms with Crippen LogP contribution < -0.4 is 15.7 Å². The van der Waals surface area contributed by atoms with E-state index in [4.69, 9.17) is 37.9 Å². The number of fused-ring (bicyclic) bond motifs is 7. The van der Waals surface area contributed by atoms with Gasteiger partial charge in [0.2, 0.25) is 0 Å². The summed E-state index contributed by atoms with van der Waals surface area (Å²) in [5.74, 6) is -0.605. The normalized spacial score (nSPS) is 37.0. The molecule has 15 nitrogen and oxygen atoms in total. The number of aliphatic hydroxyl groups excluding tert-OH is 2. The van der Waals surface area contributed by atoms with Gasteiger partial charge in [0, 0.05) is 64.0 Å². The van der Waals surface area contributed by atoms with E-state index in [-0.39, 0.29) is 80.0 Å². The minimum Gasteiger partial charge on any atom is -0.444 e. The van der Waals surface area contributed by atoms with Gasteiger partial charge in [-0.2, -0.15) is 0 Å². The largest absolute Gasteiger partial charge is 0.444 e. The maximum atomic E-state index is 14.5. The minimum absolute atomic E-state index is 0.0398. The van der Waals surface area contributed by atoms with Crippen molar-refractivity contribution in [2.45, 2.75) is 234 Å². The summed E-state index contributed by atoms with van der Waals surface area (Å²) in [5, 5.41) is 27.4. The highest BCUT2D eigenvalue weighted by atomic mass is 28.4. The fraction of sp³-hybridized carbons (Fsp3) is 0.689. The van der Waals surface area contributed by atoms with Gasteiger partial charge in [0.15, 0.2) is 0 Å². The highest BCUT2D eigenvalue weighted by molar-refractivity contribution is 6.98. The summed E-state index contributed by atoms with van der Waals surface area (Å²) in [6.07, 6.45) is -2.78. The summed E-state index contributed by atoms with van der Waals surface area (Å²) in [6.45, 7) is 20.6. The number of hydrogen-bond donors (Lipinski definition) is 4. The van der Waals surface area contributed by atoms with Crippen molar-refractivity contribution in [1.29, 1.82) is 0 Å². The van der Waals surface area contributed by atoms with Gasteiger partial charge in [0.05, 0.1) is 73.2 Å². The SMILES string of the molecule is C=C1C2C[C@@H]3O[C@H](C[C@H](O)CNC(=O)OC(C)(C)C)[C@H](OC)[C@H]3CC(=O)CC3CC[C@@H]4O[C@H]5[C@@H](CC(C)(C)[Si](O)(c6ccccc6)c6ccccc6)[C@@H](CC(=O)CCC6CC(=C)[C@H](CC[C@@H](C[C@H]1C)O2)O6)O[C@H]5[C@@H](O)[C@H]4O3. The summed E-state index contributed by atoms with van der Waals surface area (Å²) in [7, 11) is -1.92. The van der Waals surface area contributed by atoms with Crippen molar-refractivity contribution in [1.82, 2.24) is 5.32 Å². The second-order valence-electron chi connectivity index (χ2n) is 25.2. The van der Waals surface area contributed by atoms with Gasteiger partial charge in [-0.1, -0.05) is 94.6 Å². The van der Waals surface area contributed by atoms with Crippen molar-refractivity contribution in [3.63, 3.8) is 0 Å². The van der Waals surface area contributed by atoms with Crippen LogP contribution in [0.3, 0.4) is 0 Å². The van der Waals surface area contributed by atoms with Gasteiger partial charge in [-0.05, 0) is 105 Å². The van der Waals surface area contributed by atoms with Crippen LogP contribution in [0.4, 0.5) is 4.79 Å². The van der Waals surface area contributed by atoms with Crippen LogP contribution in [-0.4, -0.2) is 152 Å². The molecule has 7 aliphatic heterocycles. The number of Topliss-reactive ketones (excluding diaryl/α,β-unsaturated/α-hetero) is 2. The first-order valence-electron chi connectivity index (χ1n) is 28.6. The predicted octanol–water partition coefficient (Wildman–Crippen LogP) is 6.98. The van der Waals surface area contributed by atoms with Crippen LogP contribution in [0.1, 0.15) is 131 Å². The van der Waals surface area contributed by atoms with Gasteiger partial charge in [0.1, 0.15) is 35.5 Å². The van der Waals surface area contributed by atoms with Crippen molar-refractivity contribution in [2.75, 3.05) is 13.7 Å². The lowest BCUT2D eigenvalue weighted by Gasteiger charge is -2.48. The Labute approximate surface area is 457 Å². The average molecular weight is 1090 g/mol. The number of amides is 1. The number of nitrogens with one attached hydrogen (secondary N) is 1. The third-order valence-corrected chi connectivity index (χ3v) is 22.5. The highest BCUT2D eigenvalue weighted by Crippen LogP contribution is 2.51. The summed E-state index contributed by atoms with van der Waals surface area (Å²) in [5.41, 5.74) is 1.28. The first-order chi connectivity index (χ1) is 36.6. The van der Waals surface area contributed by atoms with Crippen LogP contribution in [0.5, 0.6) is 0 Å². The number of carbonyl (C=O) groups is 3. The van der Waals surface area contributed by atoms with Crippen LogP contribution in [0.2, 0.25) is 5.04 Å². The molecule has 0 aliphatic carbocycles. The van der Waals surface area contributed by atoms with Crippen LogP contribution in [0, 0.1) is 17.8 Å². The van der Waals surface area contributed by atoms with Gasteiger partial charge < -0.3 is 58.2 Å². The van der Waals surface area contributed by atoms with Crippen molar-refractivity contribution in [3.8, 4) is 0 Å². The Balaban J connectivity index is 0.974. The van der Waals surface area contributed by atoms with Crippen LogP contribution in [-0.2, 0) is 47.5 Å². The van der Waals surface area contributed by atoms with Crippen LogP contribution >= 0.6 is 0 Å². The van der Waals surface area contributed by atoms with E-state index < -0.39 is 98.1 Å². The minimum atomic E-state index is -3.51. The smallest absolute Gasteiger partial charge is 0.407 e. The standard InChI is InChI=1S/C61H87NO14Si/c1-35-26-42-22-24-48-36(2)27-41(70-48)21-20-38(63)30-51-47(33-61(7,8)77(68,44-16-12-10-13-17-44)45-18-14-11-15-19-45)56-58(75-51)54(66)57-49(74-56)25-23-43(72-57)28-39(64)29-46-52(32-50(71-42)37(35)3)73-53(55(46)69-9)31-40(65)34-62-59(67)76-60(4,5)6/h10-19,35,40-43,46-58,65-66,68H,2-3,20-34H2,1,4-9H3,(H,62,67)/t35-,40+,41?,42+,43?,46+,47+,48+,49+,50?,51-,52+,53-,54+,55-,56+,57+,58+/m1/s1. The molecule has 18 atom stereocenters. The van der Waals surface area contributed by atoms with E-state index in [1.165, 1.54) is 0 Å². The van der Waals surface area contributed by atoms with Gasteiger partial charge >= 0.3 is 6.09 Å². The predicted molar refractivity (Wildman–Crippen MR) is 292 cm³/mol. The number of alkyl carbamates (subject to hydrolysis) is 1. The Morgan fingerprint density at radius 3 is 2.06 bits per heavy atom. The van der Waals surface area contributed by atoms with E-state index >= 15 is 0 Å². The first-order valence-corrected chi connectivity index (χ1v) is 30.6. The Hall–Kier alpha value is -3.65. The van der Waals surface area contributed by atoms with Crippen molar-refractivity contribution < 1.29 is 67.3 Å².